The van der Waals surface area contributed by atoms with Crippen LogP contribution in [-0.2, 0) is 0 Å². The van der Waals surface area contributed by atoms with Gasteiger partial charge in [-0.25, -0.2) is 0 Å². The van der Waals surface area contributed by atoms with Crippen molar-refractivity contribution in [3.63, 3.8) is 0 Å². The Labute approximate surface area is 96.5 Å². The molecule has 0 saturated heterocycles. The maximum atomic E-state index is 3.74. The van der Waals surface area contributed by atoms with Crippen LogP contribution in [0.1, 0.15) is 71.1 Å². The maximum Gasteiger partial charge on any atom is -0.0351 e. The Bertz CT molecular complexity index is 144. The highest BCUT2D eigenvalue weighted by molar-refractivity contribution is 4.80. The normalized spacial score (nSPS) is 11.0. The molecule has 0 aliphatic rings. The maximum absolute atomic E-state index is 3.74. The Morgan fingerprint density at radius 3 is 1.87 bits per heavy atom. The molecule has 0 aliphatic heterocycles. The third-order valence-corrected chi connectivity index (χ3v) is 2.65. The van der Waals surface area contributed by atoms with E-state index in [4.69, 9.17) is 0 Å². The zero-order valence-electron chi connectivity index (χ0n) is 10.5. The lowest BCUT2D eigenvalue weighted by atomic mass is 10.1. The third kappa shape index (κ3) is 13.5. The van der Waals surface area contributed by atoms with Gasteiger partial charge >= 0.3 is 0 Å². The molecular formula is C15H28. The molecule has 0 radical (unpaired) electrons. The smallest absolute Gasteiger partial charge is 0.0351 e. The average Bonchev–Trinajstić information content (AvgIpc) is 2.26. The largest absolute Gasteiger partial charge is 0.103 e. The van der Waals surface area contributed by atoms with Crippen LogP contribution in [0.25, 0.3) is 0 Å². The van der Waals surface area contributed by atoms with Crippen LogP contribution in [0.2, 0.25) is 0 Å². The SMILES string of the molecule is C=CCCCCCCCCC=CCCC. The second-order valence-corrected chi connectivity index (χ2v) is 4.25. The van der Waals surface area contributed by atoms with Gasteiger partial charge in [0.2, 0.25) is 0 Å². The monoisotopic (exact) mass is 208 g/mol. The van der Waals surface area contributed by atoms with E-state index in [1.165, 1.54) is 64.2 Å². The first kappa shape index (κ1) is 14.5. The number of hydrogen-bond acceptors (Lipinski definition) is 0. The first-order valence-corrected chi connectivity index (χ1v) is 6.67. The Balaban J connectivity index is 2.95. The van der Waals surface area contributed by atoms with E-state index in [0.717, 1.165) is 0 Å². The van der Waals surface area contributed by atoms with Crippen LogP contribution >= 0.6 is 0 Å². The zero-order valence-corrected chi connectivity index (χ0v) is 10.5. The lowest BCUT2D eigenvalue weighted by Gasteiger charge is -1.98. The summed E-state index contributed by atoms with van der Waals surface area (Å²) < 4.78 is 0. The fourth-order valence-electron chi connectivity index (χ4n) is 1.66. The van der Waals surface area contributed by atoms with E-state index in [9.17, 15) is 0 Å². The Kier molecular flexibility index (Phi) is 13.0. The van der Waals surface area contributed by atoms with Crippen molar-refractivity contribution in [3.8, 4) is 0 Å². The Hall–Kier alpha value is -0.520. The first-order chi connectivity index (χ1) is 7.41. The summed E-state index contributed by atoms with van der Waals surface area (Å²) in [5.41, 5.74) is 0. The standard InChI is InChI=1S/C15H28/c1-3-5-7-9-11-13-15-14-12-10-8-6-4-2/h3,8,10H,1,4-7,9,11-15H2,2H3. The highest BCUT2D eigenvalue weighted by Gasteiger charge is 1.89. The molecule has 0 spiro atoms. The van der Waals surface area contributed by atoms with E-state index < -0.39 is 0 Å². The molecule has 0 N–H and O–H groups in total. The zero-order chi connectivity index (χ0) is 11.2. The number of hydrogen-bond donors (Lipinski definition) is 0. The van der Waals surface area contributed by atoms with Gasteiger partial charge in [-0.15, -0.1) is 6.58 Å². The van der Waals surface area contributed by atoms with Crippen LogP contribution in [0, 0.1) is 0 Å². The highest BCUT2D eigenvalue weighted by atomic mass is 14.0. The van der Waals surface area contributed by atoms with Crippen LogP contribution in [0.4, 0.5) is 0 Å². The summed E-state index contributed by atoms with van der Waals surface area (Å²) in [5.74, 6) is 0. The molecule has 0 aromatic carbocycles. The van der Waals surface area contributed by atoms with E-state index in [1.54, 1.807) is 0 Å². The van der Waals surface area contributed by atoms with Gasteiger partial charge in [0.05, 0.1) is 0 Å². The lowest BCUT2D eigenvalue weighted by Crippen LogP contribution is -1.79. The molecule has 0 rings (SSSR count). The number of unbranched alkanes of at least 4 members (excludes halogenated alkanes) is 8. The van der Waals surface area contributed by atoms with Gasteiger partial charge in [0, 0.05) is 0 Å². The van der Waals surface area contributed by atoms with E-state index in [1.807, 2.05) is 6.08 Å². The molecule has 0 nitrogen and oxygen atoms in total. The van der Waals surface area contributed by atoms with E-state index in [-0.39, 0.29) is 0 Å². The predicted octanol–water partition coefficient (Wildman–Crippen LogP) is 5.65. The first-order valence-electron chi connectivity index (χ1n) is 6.67. The summed E-state index contributed by atoms with van der Waals surface area (Å²) in [7, 11) is 0. The summed E-state index contributed by atoms with van der Waals surface area (Å²) in [5, 5.41) is 0. The summed E-state index contributed by atoms with van der Waals surface area (Å²) in [4.78, 5) is 0. The lowest BCUT2D eigenvalue weighted by molar-refractivity contribution is 0.600. The number of rotatable bonds is 11. The molecule has 0 heteroatoms. The molecule has 0 fully saturated rings. The molecule has 0 unspecified atom stereocenters. The second kappa shape index (κ2) is 13.5. The van der Waals surface area contributed by atoms with Gasteiger partial charge in [-0.3, -0.25) is 0 Å². The van der Waals surface area contributed by atoms with Gasteiger partial charge in [-0.05, 0) is 32.1 Å². The summed E-state index contributed by atoms with van der Waals surface area (Å²) in [6, 6.07) is 0. The van der Waals surface area contributed by atoms with Gasteiger partial charge < -0.3 is 0 Å². The Morgan fingerprint density at radius 2 is 1.27 bits per heavy atom. The molecule has 0 aromatic rings. The van der Waals surface area contributed by atoms with Crippen LogP contribution in [0.3, 0.4) is 0 Å². The topological polar surface area (TPSA) is 0 Å². The molecule has 88 valence electrons. The van der Waals surface area contributed by atoms with Crippen molar-refractivity contribution in [2.24, 2.45) is 0 Å². The molecule has 0 aromatic heterocycles. The minimum absolute atomic E-state index is 1.19. The molecule has 0 aliphatic carbocycles. The van der Waals surface area contributed by atoms with Crippen molar-refractivity contribution in [2.45, 2.75) is 71.1 Å². The Morgan fingerprint density at radius 1 is 0.733 bits per heavy atom. The molecule has 0 bridgehead atoms. The van der Waals surface area contributed by atoms with E-state index >= 15 is 0 Å². The van der Waals surface area contributed by atoms with Gasteiger partial charge in [-0.1, -0.05) is 57.3 Å². The molecular weight excluding hydrogens is 180 g/mol. The quantitative estimate of drug-likeness (QED) is 0.304. The van der Waals surface area contributed by atoms with E-state index in [0.29, 0.717) is 0 Å². The molecule has 15 heavy (non-hydrogen) atoms. The van der Waals surface area contributed by atoms with Crippen molar-refractivity contribution < 1.29 is 0 Å². The van der Waals surface area contributed by atoms with Crippen molar-refractivity contribution in [1.82, 2.24) is 0 Å². The highest BCUT2D eigenvalue weighted by Crippen LogP contribution is 2.09. The van der Waals surface area contributed by atoms with Gasteiger partial charge in [0.15, 0.2) is 0 Å². The van der Waals surface area contributed by atoms with Crippen LogP contribution in [0.15, 0.2) is 24.8 Å². The summed E-state index contributed by atoms with van der Waals surface area (Å²) >= 11 is 0. The number of allylic oxidation sites excluding steroid dienone is 3. The van der Waals surface area contributed by atoms with Crippen LogP contribution in [0.5, 0.6) is 0 Å². The van der Waals surface area contributed by atoms with Crippen LogP contribution in [-0.4, -0.2) is 0 Å². The van der Waals surface area contributed by atoms with Crippen molar-refractivity contribution >= 4 is 0 Å². The fraction of sp³-hybridized carbons (Fsp3) is 0.733. The average molecular weight is 208 g/mol. The second-order valence-electron chi connectivity index (χ2n) is 4.25. The predicted molar refractivity (Wildman–Crippen MR) is 71.2 cm³/mol. The molecule has 0 saturated carbocycles. The fourth-order valence-corrected chi connectivity index (χ4v) is 1.66. The summed E-state index contributed by atoms with van der Waals surface area (Å²) in [6.07, 6.45) is 20.0. The molecule has 0 heterocycles. The van der Waals surface area contributed by atoms with Crippen molar-refractivity contribution in [2.75, 3.05) is 0 Å². The van der Waals surface area contributed by atoms with Crippen molar-refractivity contribution in [1.29, 1.82) is 0 Å². The minimum atomic E-state index is 1.19. The van der Waals surface area contributed by atoms with Crippen LogP contribution < -0.4 is 0 Å². The molecule has 0 amide bonds. The summed E-state index contributed by atoms with van der Waals surface area (Å²) in [6.45, 7) is 5.97. The third-order valence-electron chi connectivity index (χ3n) is 2.65. The van der Waals surface area contributed by atoms with Crippen molar-refractivity contribution in [3.05, 3.63) is 24.8 Å². The minimum Gasteiger partial charge on any atom is -0.103 e. The molecule has 0 atom stereocenters. The van der Waals surface area contributed by atoms with E-state index in [2.05, 4.69) is 25.7 Å². The van der Waals surface area contributed by atoms with Gasteiger partial charge in [-0.2, -0.15) is 0 Å². The van der Waals surface area contributed by atoms with Gasteiger partial charge in [0.1, 0.15) is 0 Å². The van der Waals surface area contributed by atoms with Gasteiger partial charge in [0.25, 0.3) is 0 Å².